The Balaban J connectivity index is 1.76. The highest BCUT2D eigenvalue weighted by Gasteiger charge is 2.19. The maximum Gasteiger partial charge on any atom is 0.247 e. The van der Waals surface area contributed by atoms with E-state index in [9.17, 15) is 4.79 Å². The van der Waals surface area contributed by atoms with Gasteiger partial charge in [0.1, 0.15) is 0 Å². The lowest BCUT2D eigenvalue weighted by Gasteiger charge is -2.28. The normalized spacial score (nSPS) is 11.9. The number of nitrogens with zero attached hydrogens (tertiary/aromatic N) is 2. The maximum absolute atomic E-state index is 13.0. The first-order chi connectivity index (χ1) is 13.7. The summed E-state index contributed by atoms with van der Waals surface area (Å²) in [5.41, 5.74) is 2.62. The highest BCUT2D eigenvalue weighted by molar-refractivity contribution is 7.09. The van der Waals surface area contributed by atoms with E-state index in [1.165, 1.54) is 4.88 Å². The van der Waals surface area contributed by atoms with Crippen LogP contribution < -0.4 is 0 Å². The summed E-state index contributed by atoms with van der Waals surface area (Å²) in [6, 6.07) is 23.6. The van der Waals surface area contributed by atoms with Crippen LogP contribution in [0.2, 0.25) is 0 Å². The first-order valence-corrected chi connectivity index (χ1v) is 10.1. The Kier molecular flexibility index (Phi) is 6.78. The lowest BCUT2D eigenvalue weighted by molar-refractivity contribution is -0.128. The molecule has 3 nitrogen and oxygen atoms in total. The Morgan fingerprint density at radius 2 is 1.86 bits per heavy atom. The largest absolute Gasteiger partial charge is 0.332 e. The summed E-state index contributed by atoms with van der Waals surface area (Å²) in [5, 5.41) is 11.0. The molecule has 140 valence electrons. The van der Waals surface area contributed by atoms with Crippen LogP contribution in [0.25, 0.3) is 6.08 Å². The van der Waals surface area contributed by atoms with Crippen molar-refractivity contribution in [3.8, 4) is 6.07 Å². The number of benzene rings is 2. The highest BCUT2D eigenvalue weighted by atomic mass is 32.1. The van der Waals surface area contributed by atoms with E-state index in [1.807, 2.05) is 53.4 Å². The van der Waals surface area contributed by atoms with Crippen LogP contribution in [0, 0.1) is 11.3 Å². The summed E-state index contributed by atoms with van der Waals surface area (Å²) in [5.74, 6) is -0.0164. The Bertz CT molecular complexity index is 954. The molecule has 2 aromatic carbocycles. The molecule has 0 bridgehead atoms. The molecule has 28 heavy (non-hydrogen) atoms. The van der Waals surface area contributed by atoms with Gasteiger partial charge in [-0.25, -0.2) is 0 Å². The van der Waals surface area contributed by atoms with Crippen LogP contribution in [0.15, 0.2) is 78.2 Å². The van der Waals surface area contributed by atoms with Crippen molar-refractivity contribution in [3.05, 3.63) is 99.8 Å². The number of amides is 1. The van der Waals surface area contributed by atoms with Crippen LogP contribution >= 0.6 is 11.3 Å². The molecule has 1 heterocycles. The summed E-state index contributed by atoms with van der Waals surface area (Å²) in [6.45, 7) is 2.67. The van der Waals surface area contributed by atoms with Crippen molar-refractivity contribution < 1.29 is 4.79 Å². The third-order valence-corrected chi connectivity index (χ3v) is 5.44. The van der Waals surface area contributed by atoms with Gasteiger partial charge in [0.25, 0.3) is 0 Å². The molecule has 3 rings (SSSR count). The van der Waals surface area contributed by atoms with Crippen LogP contribution in [0.1, 0.15) is 28.5 Å². The number of carbonyl (C=O) groups is 1. The molecule has 1 atom stereocenters. The second-order valence-corrected chi connectivity index (χ2v) is 7.68. The van der Waals surface area contributed by atoms with Gasteiger partial charge in [-0.1, -0.05) is 48.5 Å². The SMILES string of the molecule is C[C@H](Cc1cccs1)N(Cc1ccccc1)C(=O)/C=C/c1ccc(C#N)cc1. The topological polar surface area (TPSA) is 44.1 Å². The van der Waals surface area contributed by atoms with Crippen molar-refractivity contribution in [1.82, 2.24) is 4.90 Å². The van der Waals surface area contributed by atoms with Gasteiger partial charge in [0.05, 0.1) is 11.6 Å². The molecule has 0 radical (unpaired) electrons. The van der Waals surface area contributed by atoms with Crippen molar-refractivity contribution >= 4 is 23.3 Å². The standard InChI is InChI=1S/C24H22N2OS/c1-19(16-23-8-5-15-28-23)26(18-22-6-3-2-4-7-22)24(27)14-13-20-9-11-21(17-25)12-10-20/h2-15,19H,16,18H2,1H3/b14-13+/t19-/m1/s1. The third-order valence-electron chi connectivity index (χ3n) is 4.55. The van der Waals surface area contributed by atoms with Crippen LogP contribution in [0.4, 0.5) is 0 Å². The number of nitriles is 1. The molecule has 0 fully saturated rings. The first kappa shape index (κ1) is 19.6. The highest BCUT2D eigenvalue weighted by Crippen LogP contribution is 2.17. The van der Waals surface area contributed by atoms with Gasteiger partial charge in [-0.15, -0.1) is 11.3 Å². The van der Waals surface area contributed by atoms with E-state index in [2.05, 4.69) is 24.4 Å². The fraction of sp³-hybridized carbons (Fsp3) is 0.167. The predicted octanol–water partition coefficient (Wildman–Crippen LogP) is 5.29. The number of hydrogen-bond donors (Lipinski definition) is 0. The smallest absolute Gasteiger partial charge is 0.247 e. The van der Waals surface area contributed by atoms with Crippen LogP contribution in [0.5, 0.6) is 0 Å². The lowest BCUT2D eigenvalue weighted by atomic mass is 10.1. The van der Waals surface area contributed by atoms with Gasteiger partial charge in [0.15, 0.2) is 0 Å². The van der Waals surface area contributed by atoms with E-state index >= 15 is 0 Å². The second kappa shape index (κ2) is 9.68. The molecular formula is C24H22N2OS. The molecule has 0 saturated carbocycles. The molecule has 0 aliphatic heterocycles. The Morgan fingerprint density at radius 3 is 2.50 bits per heavy atom. The fourth-order valence-corrected chi connectivity index (χ4v) is 3.82. The quantitative estimate of drug-likeness (QED) is 0.518. The molecular weight excluding hydrogens is 364 g/mol. The number of rotatable bonds is 7. The molecule has 0 spiro atoms. The monoisotopic (exact) mass is 386 g/mol. The van der Waals surface area contributed by atoms with E-state index in [4.69, 9.17) is 5.26 Å². The molecule has 3 aromatic rings. The minimum Gasteiger partial charge on any atom is -0.332 e. The van der Waals surface area contributed by atoms with Gasteiger partial charge in [0, 0.05) is 30.0 Å². The summed E-state index contributed by atoms with van der Waals surface area (Å²) < 4.78 is 0. The lowest BCUT2D eigenvalue weighted by Crippen LogP contribution is -2.38. The van der Waals surface area contributed by atoms with E-state index in [1.54, 1.807) is 35.6 Å². The van der Waals surface area contributed by atoms with Crippen LogP contribution in [0.3, 0.4) is 0 Å². The first-order valence-electron chi connectivity index (χ1n) is 9.21. The van der Waals surface area contributed by atoms with Gasteiger partial charge in [-0.2, -0.15) is 5.26 Å². The van der Waals surface area contributed by atoms with Gasteiger partial charge in [-0.05, 0) is 47.7 Å². The van der Waals surface area contributed by atoms with E-state index < -0.39 is 0 Å². The zero-order valence-corrected chi connectivity index (χ0v) is 16.6. The van der Waals surface area contributed by atoms with Crippen molar-refractivity contribution in [2.45, 2.75) is 25.9 Å². The van der Waals surface area contributed by atoms with E-state index in [-0.39, 0.29) is 11.9 Å². The van der Waals surface area contributed by atoms with Gasteiger partial charge >= 0.3 is 0 Å². The molecule has 0 N–H and O–H groups in total. The minimum atomic E-state index is -0.0164. The zero-order chi connectivity index (χ0) is 19.8. The fourth-order valence-electron chi connectivity index (χ4n) is 2.99. The Hall–Kier alpha value is -3.16. The number of hydrogen-bond acceptors (Lipinski definition) is 3. The molecule has 0 aliphatic rings. The van der Waals surface area contributed by atoms with Crippen molar-refractivity contribution in [2.24, 2.45) is 0 Å². The van der Waals surface area contributed by atoms with Gasteiger partial charge in [0.2, 0.25) is 5.91 Å². The van der Waals surface area contributed by atoms with Crippen LogP contribution in [-0.4, -0.2) is 16.8 Å². The average Bonchev–Trinajstić information content (AvgIpc) is 3.24. The minimum absolute atomic E-state index is 0.0164. The van der Waals surface area contributed by atoms with E-state index in [0.717, 1.165) is 17.5 Å². The van der Waals surface area contributed by atoms with Gasteiger partial charge in [-0.3, -0.25) is 4.79 Å². The molecule has 0 saturated heterocycles. The van der Waals surface area contributed by atoms with Crippen molar-refractivity contribution in [3.63, 3.8) is 0 Å². The summed E-state index contributed by atoms with van der Waals surface area (Å²) >= 11 is 1.72. The Morgan fingerprint density at radius 1 is 1.11 bits per heavy atom. The molecule has 4 heteroatoms. The summed E-state index contributed by atoms with van der Waals surface area (Å²) in [6.07, 6.45) is 4.26. The summed E-state index contributed by atoms with van der Waals surface area (Å²) in [7, 11) is 0. The van der Waals surface area contributed by atoms with E-state index in [0.29, 0.717) is 12.1 Å². The zero-order valence-electron chi connectivity index (χ0n) is 15.8. The van der Waals surface area contributed by atoms with Crippen LogP contribution in [-0.2, 0) is 17.8 Å². The molecule has 0 aliphatic carbocycles. The Labute approximate surface area is 170 Å². The predicted molar refractivity (Wildman–Crippen MR) is 115 cm³/mol. The molecule has 1 aromatic heterocycles. The molecule has 1 amide bonds. The third kappa shape index (κ3) is 5.42. The van der Waals surface area contributed by atoms with Gasteiger partial charge < -0.3 is 4.90 Å². The van der Waals surface area contributed by atoms with Crippen molar-refractivity contribution in [2.75, 3.05) is 0 Å². The number of carbonyl (C=O) groups excluding carboxylic acids is 1. The summed E-state index contributed by atoms with van der Waals surface area (Å²) in [4.78, 5) is 16.2. The average molecular weight is 387 g/mol. The molecule has 0 unspecified atom stereocenters. The van der Waals surface area contributed by atoms with Crippen molar-refractivity contribution in [1.29, 1.82) is 5.26 Å². The number of thiophene rings is 1. The second-order valence-electron chi connectivity index (χ2n) is 6.65. The maximum atomic E-state index is 13.0.